The largest absolute Gasteiger partial charge is 0.496 e. The van der Waals surface area contributed by atoms with Crippen LogP contribution in [0.1, 0.15) is 25.5 Å². The quantitative estimate of drug-likeness (QED) is 0.397. The van der Waals surface area contributed by atoms with Crippen molar-refractivity contribution in [3.8, 4) is 11.5 Å². The van der Waals surface area contributed by atoms with Crippen molar-refractivity contribution < 1.29 is 19.7 Å². The maximum atomic E-state index is 13.7. The second-order valence-electron chi connectivity index (χ2n) is 8.56. The van der Waals surface area contributed by atoms with E-state index in [-0.39, 0.29) is 5.43 Å². The minimum absolute atomic E-state index is 0.198. The highest BCUT2D eigenvalue weighted by molar-refractivity contribution is 9.10. The third-order valence-electron chi connectivity index (χ3n) is 6.25. The van der Waals surface area contributed by atoms with Gasteiger partial charge in [-0.2, -0.15) is 0 Å². The lowest BCUT2D eigenvalue weighted by Crippen LogP contribution is -2.49. The molecule has 3 aromatic carbocycles. The number of ether oxygens (including phenoxy) is 2. The molecule has 2 heterocycles. The van der Waals surface area contributed by atoms with E-state index in [4.69, 9.17) is 9.47 Å². The van der Waals surface area contributed by atoms with Gasteiger partial charge >= 0.3 is 0 Å². The minimum Gasteiger partial charge on any atom is -0.496 e. The lowest BCUT2D eigenvalue weighted by molar-refractivity contribution is -0.111. The molecule has 0 aliphatic carbocycles. The maximum absolute atomic E-state index is 13.7. The molecule has 160 valence electrons. The van der Waals surface area contributed by atoms with E-state index in [2.05, 4.69) is 15.9 Å². The Hall–Kier alpha value is -2.61. The van der Waals surface area contributed by atoms with Gasteiger partial charge in [-0.3, -0.25) is 4.79 Å². The van der Waals surface area contributed by atoms with E-state index < -0.39 is 17.8 Å². The number of pyridine rings is 1. The molecule has 6 nitrogen and oxygen atoms in total. The normalized spacial score (nSPS) is 20.1. The van der Waals surface area contributed by atoms with Gasteiger partial charge in [0, 0.05) is 23.0 Å². The van der Waals surface area contributed by atoms with E-state index >= 15 is 0 Å². The van der Waals surface area contributed by atoms with Gasteiger partial charge in [-0.15, -0.1) is 0 Å². The average Bonchev–Trinajstić information content (AvgIpc) is 2.73. The van der Waals surface area contributed by atoms with Gasteiger partial charge in [-0.25, -0.2) is 0 Å². The number of nitrogens with zero attached hydrogens (tertiary/aromatic N) is 1. The fraction of sp³-hybridized carbons (Fsp3) is 0.292. The fourth-order valence-electron chi connectivity index (χ4n) is 4.59. The Labute approximate surface area is 186 Å². The van der Waals surface area contributed by atoms with Crippen LogP contribution in [0.4, 0.5) is 0 Å². The van der Waals surface area contributed by atoms with E-state index in [0.717, 1.165) is 15.2 Å². The van der Waals surface area contributed by atoms with Crippen molar-refractivity contribution in [1.29, 1.82) is 0 Å². The van der Waals surface area contributed by atoms with Crippen LogP contribution in [-0.4, -0.2) is 33.6 Å². The predicted octanol–water partition coefficient (Wildman–Crippen LogP) is 4.18. The molecule has 0 unspecified atom stereocenters. The number of fused-ring (bicyclic) bond motifs is 5. The summed E-state index contributed by atoms with van der Waals surface area (Å²) >= 11 is 3.49. The van der Waals surface area contributed by atoms with Crippen LogP contribution in [0.3, 0.4) is 0 Å². The second-order valence-corrected chi connectivity index (χ2v) is 9.47. The first-order valence-electron chi connectivity index (χ1n) is 9.96. The third kappa shape index (κ3) is 2.80. The number of halogens is 1. The number of aliphatic hydroxyl groups excluding tert-OH is 2. The van der Waals surface area contributed by atoms with Gasteiger partial charge < -0.3 is 24.3 Å². The summed E-state index contributed by atoms with van der Waals surface area (Å²) in [5.41, 5.74) is 0.403. The molecular formula is C24H22BrNO5. The van der Waals surface area contributed by atoms with Gasteiger partial charge in [0.25, 0.3) is 0 Å². The molecule has 2 N–H and O–H groups in total. The summed E-state index contributed by atoms with van der Waals surface area (Å²) in [5, 5.41) is 24.5. The first-order chi connectivity index (χ1) is 14.6. The molecule has 1 aromatic heterocycles. The Balaban J connectivity index is 2.00. The molecule has 0 radical (unpaired) electrons. The zero-order chi connectivity index (χ0) is 22.2. The lowest BCUT2D eigenvalue weighted by Gasteiger charge is -2.40. The summed E-state index contributed by atoms with van der Waals surface area (Å²) in [5.74, 6) is 0.760. The third-order valence-corrected chi connectivity index (χ3v) is 6.74. The molecule has 4 aromatic rings. The van der Waals surface area contributed by atoms with Crippen molar-refractivity contribution in [1.82, 2.24) is 4.57 Å². The molecule has 0 saturated carbocycles. The maximum Gasteiger partial charge on any atom is 0.201 e. The van der Waals surface area contributed by atoms with Gasteiger partial charge in [-0.05, 0) is 48.9 Å². The monoisotopic (exact) mass is 483 g/mol. The summed E-state index contributed by atoms with van der Waals surface area (Å²) < 4.78 is 14.4. The molecule has 1 aliphatic rings. The summed E-state index contributed by atoms with van der Waals surface area (Å²) in [6.07, 6.45) is -2.37. The topological polar surface area (TPSA) is 80.9 Å². The highest BCUT2D eigenvalue weighted by Crippen LogP contribution is 2.46. The SMILES string of the molecule is COc1cc2c(c3c1c(=O)c1cc4cc(Br)ccc4cc1n3C)[C@@H](O)[C@@H](O)C(C)(C)O2. The number of hydrogen-bond donors (Lipinski definition) is 2. The molecule has 0 saturated heterocycles. The van der Waals surface area contributed by atoms with Gasteiger partial charge in [-0.1, -0.05) is 22.0 Å². The van der Waals surface area contributed by atoms with Crippen molar-refractivity contribution in [2.45, 2.75) is 31.7 Å². The summed E-state index contributed by atoms with van der Waals surface area (Å²) in [6, 6.07) is 11.4. The minimum atomic E-state index is -1.22. The molecule has 2 atom stereocenters. The van der Waals surface area contributed by atoms with E-state index in [1.807, 2.05) is 41.9 Å². The Kier molecular flexibility index (Phi) is 4.38. The number of methoxy groups -OCH3 is 1. The van der Waals surface area contributed by atoms with Crippen molar-refractivity contribution in [3.05, 3.63) is 56.7 Å². The Morgan fingerprint density at radius 3 is 2.58 bits per heavy atom. The number of aryl methyl sites for hydroxylation is 1. The van der Waals surface area contributed by atoms with Crippen molar-refractivity contribution in [2.24, 2.45) is 7.05 Å². The predicted molar refractivity (Wildman–Crippen MR) is 124 cm³/mol. The molecule has 0 amide bonds. The molecule has 5 rings (SSSR count). The van der Waals surface area contributed by atoms with Crippen molar-refractivity contribution in [3.63, 3.8) is 0 Å². The van der Waals surface area contributed by atoms with Gasteiger partial charge in [0.05, 0.1) is 29.1 Å². The Bertz CT molecular complexity index is 1460. The Morgan fingerprint density at radius 1 is 1.13 bits per heavy atom. The smallest absolute Gasteiger partial charge is 0.201 e. The first-order valence-corrected chi connectivity index (χ1v) is 10.7. The molecule has 0 fully saturated rings. The highest BCUT2D eigenvalue weighted by atomic mass is 79.9. The van der Waals surface area contributed by atoms with Gasteiger partial charge in [0.2, 0.25) is 5.43 Å². The first kappa shape index (κ1) is 20.3. The number of aliphatic hydroxyl groups is 2. The van der Waals surface area contributed by atoms with Crippen LogP contribution in [0.2, 0.25) is 0 Å². The molecule has 31 heavy (non-hydrogen) atoms. The van der Waals surface area contributed by atoms with Crippen LogP contribution in [0.15, 0.2) is 45.7 Å². The zero-order valence-electron chi connectivity index (χ0n) is 17.6. The number of aromatic nitrogens is 1. The Morgan fingerprint density at radius 2 is 1.87 bits per heavy atom. The summed E-state index contributed by atoms with van der Waals surface area (Å²) in [6.45, 7) is 3.42. The second kappa shape index (κ2) is 6.69. The van der Waals surface area contributed by atoms with Gasteiger partial charge in [0.1, 0.15) is 29.3 Å². The summed E-state index contributed by atoms with van der Waals surface area (Å²) in [7, 11) is 3.34. The van der Waals surface area contributed by atoms with Crippen LogP contribution in [-0.2, 0) is 7.05 Å². The van der Waals surface area contributed by atoms with E-state index in [1.54, 1.807) is 19.9 Å². The number of rotatable bonds is 1. The standard InChI is InChI=1S/C24H22BrNO5/c1-24(2)23(29)22(28)19-17(31-24)10-16(30-4)18-20(19)26(3)15-9-11-5-6-13(25)7-12(11)8-14(15)21(18)27/h5-10,22-23,28-29H,1-4H3/t22-,23-/m1/s1. The van der Waals surface area contributed by atoms with E-state index in [1.165, 1.54) is 7.11 Å². The highest BCUT2D eigenvalue weighted by Gasteiger charge is 2.44. The number of benzene rings is 3. The summed E-state index contributed by atoms with van der Waals surface area (Å²) in [4.78, 5) is 13.7. The van der Waals surface area contributed by atoms with Crippen LogP contribution in [0, 0.1) is 0 Å². The van der Waals surface area contributed by atoms with Gasteiger partial charge in [0.15, 0.2) is 0 Å². The average molecular weight is 484 g/mol. The van der Waals surface area contributed by atoms with Crippen molar-refractivity contribution in [2.75, 3.05) is 7.11 Å². The number of hydrogen-bond acceptors (Lipinski definition) is 5. The van der Waals surface area contributed by atoms with Crippen LogP contribution in [0.5, 0.6) is 11.5 Å². The molecule has 0 spiro atoms. The van der Waals surface area contributed by atoms with Crippen LogP contribution >= 0.6 is 15.9 Å². The van der Waals surface area contributed by atoms with E-state index in [9.17, 15) is 15.0 Å². The van der Waals surface area contributed by atoms with Crippen molar-refractivity contribution >= 4 is 48.5 Å². The van der Waals surface area contributed by atoms with Crippen LogP contribution in [0.25, 0.3) is 32.6 Å². The molecule has 1 aliphatic heterocycles. The van der Waals surface area contributed by atoms with Crippen LogP contribution < -0.4 is 14.9 Å². The lowest BCUT2D eigenvalue weighted by atomic mass is 9.86. The molecule has 0 bridgehead atoms. The fourth-order valence-corrected chi connectivity index (χ4v) is 4.97. The molecular weight excluding hydrogens is 462 g/mol. The van der Waals surface area contributed by atoms with E-state index in [0.29, 0.717) is 38.9 Å². The molecule has 7 heteroatoms. The zero-order valence-corrected chi connectivity index (χ0v) is 19.1.